The fourth-order valence-electron chi connectivity index (χ4n) is 1.89. The van der Waals surface area contributed by atoms with Gasteiger partial charge in [0.25, 0.3) is 0 Å². The van der Waals surface area contributed by atoms with E-state index < -0.39 is 18.2 Å². The van der Waals surface area contributed by atoms with E-state index in [1.807, 2.05) is 0 Å². The second kappa shape index (κ2) is 3.27. The van der Waals surface area contributed by atoms with E-state index in [2.05, 4.69) is 0 Å². The summed E-state index contributed by atoms with van der Waals surface area (Å²) < 4.78 is 21.5. The molecule has 0 aromatic rings. The molecule has 5 nitrogen and oxygen atoms in total. The van der Waals surface area contributed by atoms with Gasteiger partial charge in [0.05, 0.1) is 0 Å². The largest absolute Gasteiger partial charge is 0.353 e. The monoisotopic (exact) mass is 202 g/mol. The Labute approximate surface area is 82.3 Å². The van der Waals surface area contributed by atoms with Crippen LogP contribution >= 0.6 is 0 Å². The zero-order valence-electron chi connectivity index (χ0n) is 8.43. The van der Waals surface area contributed by atoms with Gasteiger partial charge in [-0.25, -0.2) is 0 Å². The Bertz CT molecular complexity index is 239. The molecule has 80 valence electrons. The third kappa shape index (κ3) is 1.46. The van der Waals surface area contributed by atoms with Crippen molar-refractivity contribution in [1.82, 2.24) is 0 Å². The molecule has 0 saturated carbocycles. The minimum absolute atomic E-state index is 0.315. The van der Waals surface area contributed by atoms with Crippen molar-refractivity contribution in [3.05, 3.63) is 0 Å². The van der Waals surface area contributed by atoms with Crippen molar-refractivity contribution in [1.29, 1.82) is 0 Å². The molecule has 5 heteroatoms. The molecule has 0 bridgehead atoms. The summed E-state index contributed by atoms with van der Waals surface area (Å²) in [6.45, 7) is 3.61. The van der Waals surface area contributed by atoms with Gasteiger partial charge in [-0.3, -0.25) is 0 Å². The Morgan fingerprint density at radius 1 is 1.29 bits per heavy atom. The Morgan fingerprint density at radius 2 is 1.93 bits per heavy atom. The van der Waals surface area contributed by atoms with Gasteiger partial charge in [0.1, 0.15) is 18.3 Å². The van der Waals surface area contributed by atoms with Gasteiger partial charge in [0.15, 0.2) is 18.4 Å². The van der Waals surface area contributed by atoms with E-state index in [0.717, 1.165) is 6.29 Å². The van der Waals surface area contributed by atoms with E-state index in [1.54, 1.807) is 13.8 Å². The molecule has 1 unspecified atom stereocenters. The number of fused-ring (bicyclic) bond motifs is 1. The molecule has 2 saturated heterocycles. The number of carbonyl (C=O) groups is 1. The molecular weight excluding hydrogens is 188 g/mol. The van der Waals surface area contributed by atoms with Crippen LogP contribution in [0.3, 0.4) is 0 Å². The van der Waals surface area contributed by atoms with Crippen LogP contribution < -0.4 is 0 Å². The lowest BCUT2D eigenvalue weighted by Crippen LogP contribution is -2.30. The van der Waals surface area contributed by atoms with Crippen molar-refractivity contribution in [3.8, 4) is 0 Å². The SMILES string of the molecule is CO[C@@H]1O[C@H](C=O)[C@H]2OC(C)(C)OC12. The molecule has 2 heterocycles. The number of ether oxygens (including phenoxy) is 4. The highest BCUT2D eigenvalue weighted by Gasteiger charge is 2.55. The highest BCUT2D eigenvalue weighted by Crippen LogP contribution is 2.38. The van der Waals surface area contributed by atoms with Gasteiger partial charge in [-0.05, 0) is 13.8 Å². The van der Waals surface area contributed by atoms with Gasteiger partial charge < -0.3 is 23.7 Å². The molecule has 0 aromatic carbocycles. The minimum Gasteiger partial charge on any atom is -0.353 e. The van der Waals surface area contributed by atoms with Crippen LogP contribution in [0, 0.1) is 0 Å². The summed E-state index contributed by atoms with van der Waals surface area (Å²) in [6, 6.07) is 0. The van der Waals surface area contributed by atoms with Gasteiger partial charge in [0, 0.05) is 7.11 Å². The maximum absolute atomic E-state index is 10.7. The van der Waals surface area contributed by atoms with Crippen LogP contribution in [0.5, 0.6) is 0 Å². The maximum atomic E-state index is 10.7. The first-order valence-corrected chi connectivity index (χ1v) is 4.56. The van der Waals surface area contributed by atoms with Crippen LogP contribution in [0.4, 0.5) is 0 Å². The predicted octanol–water partition coefficient (Wildman–Crippen LogP) is 0.0767. The molecule has 2 rings (SSSR count). The van der Waals surface area contributed by atoms with Crippen molar-refractivity contribution in [2.24, 2.45) is 0 Å². The van der Waals surface area contributed by atoms with Crippen LogP contribution in [0.1, 0.15) is 13.8 Å². The van der Waals surface area contributed by atoms with Gasteiger partial charge in [-0.2, -0.15) is 0 Å². The van der Waals surface area contributed by atoms with E-state index in [0.29, 0.717) is 0 Å². The molecule has 2 aliphatic heterocycles. The molecule has 0 amide bonds. The average molecular weight is 202 g/mol. The molecular formula is C9H14O5. The fourth-order valence-corrected chi connectivity index (χ4v) is 1.89. The van der Waals surface area contributed by atoms with E-state index >= 15 is 0 Å². The summed E-state index contributed by atoms with van der Waals surface area (Å²) in [7, 11) is 1.52. The van der Waals surface area contributed by atoms with Crippen molar-refractivity contribution < 1.29 is 23.7 Å². The Hall–Kier alpha value is -0.490. The van der Waals surface area contributed by atoms with Crippen molar-refractivity contribution in [3.63, 3.8) is 0 Å². The van der Waals surface area contributed by atoms with Crippen LogP contribution in [0.15, 0.2) is 0 Å². The minimum atomic E-state index is -0.669. The Kier molecular flexibility index (Phi) is 2.35. The van der Waals surface area contributed by atoms with Crippen molar-refractivity contribution in [2.75, 3.05) is 7.11 Å². The maximum Gasteiger partial charge on any atom is 0.187 e. The zero-order chi connectivity index (χ0) is 10.3. The second-order valence-corrected chi connectivity index (χ2v) is 3.91. The molecule has 0 aliphatic carbocycles. The van der Waals surface area contributed by atoms with E-state index in [-0.39, 0.29) is 12.2 Å². The third-order valence-corrected chi connectivity index (χ3v) is 2.41. The molecule has 2 fully saturated rings. The number of hydrogen-bond donors (Lipinski definition) is 0. The average Bonchev–Trinajstić information content (AvgIpc) is 2.57. The summed E-state index contributed by atoms with van der Waals surface area (Å²) in [6.07, 6.45) is -1.05. The van der Waals surface area contributed by atoms with Crippen LogP contribution in [0.2, 0.25) is 0 Å². The Balaban J connectivity index is 2.16. The molecule has 0 spiro atoms. The molecule has 0 radical (unpaired) electrons. The van der Waals surface area contributed by atoms with Gasteiger partial charge in [0.2, 0.25) is 0 Å². The number of aldehydes is 1. The van der Waals surface area contributed by atoms with Gasteiger partial charge in [-0.1, -0.05) is 0 Å². The topological polar surface area (TPSA) is 54.0 Å². The summed E-state index contributed by atoms with van der Waals surface area (Å²) in [5.41, 5.74) is 0. The van der Waals surface area contributed by atoms with E-state index in [1.165, 1.54) is 7.11 Å². The predicted molar refractivity (Wildman–Crippen MR) is 45.6 cm³/mol. The zero-order valence-corrected chi connectivity index (χ0v) is 8.43. The number of carbonyl (C=O) groups excluding carboxylic acids is 1. The first kappa shape index (κ1) is 10.0. The molecule has 4 atom stereocenters. The second-order valence-electron chi connectivity index (χ2n) is 3.91. The summed E-state index contributed by atoms with van der Waals surface area (Å²) in [5.74, 6) is -0.669. The summed E-state index contributed by atoms with van der Waals surface area (Å²) in [4.78, 5) is 10.7. The first-order valence-electron chi connectivity index (χ1n) is 4.56. The lowest BCUT2D eigenvalue weighted by molar-refractivity contribution is -0.223. The molecule has 2 aliphatic rings. The lowest BCUT2D eigenvalue weighted by atomic mass is 10.1. The van der Waals surface area contributed by atoms with Gasteiger partial charge >= 0.3 is 0 Å². The fraction of sp³-hybridized carbons (Fsp3) is 0.889. The number of rotatable bonds is 2. The normalized spacial score (nSPS) is 45.1. The van der Waals surface area contributed by atoms with Crippen LogP contribution in [0.25, 0.3) is 0 Å². The summed E-state index contributed by atoms with van der Waals surface area (Å²) >= 11 is 0. The molecule has 14 heavy (non-hydrogen) atoms. The first-order chi connectivity index (χ1) is 6.57. The number of hydrogen-bond acceptors (Lipinski definition) is 5. The van der Waals surface area contributed by atoms with Crippen LogP contribution in [-0.4, -0.2) is 43.8 Å². The van der Waals surface area contributed by atoms with E-state index in [9.17, 15) is 4.79 Å². The Morgan fingerprint density at radius 3 is 2.50 bits per heavy atom. The highest BCUT2D eigenvalue weighted by atomic mass is 16.8. The lowest BCUT2D eigenvalue weighted by Gasteiger charge is -2.21. The van der Waals surface area contributed by atoms with E-state index in [4.69, 9.17) is 18.9 Å². The highest BCUT2D eigenvalue weighted by molar-refractivity contribution is 5.58. The van der Waals surface area contributed by atoms with Gasteiger partial charge in [-0.15, -0.1) is 0 Å². The quantitative estimate of drug-likeness (QED) is 0.593. The van der Waals surface area contributed by atoms with Crippen LogP contribution in [-0.2, 0) is 23.7 Å². The molecule has 0 aromatic heterocycles. The smallest absolute Gasteiger partial charge is 0.187 e. The molecule has 0 N–H and O–H groups in total. The third-order valence-electron chi connectivity index (χ3n) is 2.41. The standard InChI is InChI=1S/C9H14O5/c1-9(2)13-6-5(4-10)12-8(11-3)7(6)14-9/h4-8H,1-3H3/t5-,6-,7?,8-/m1/s1. The van der Waals surface area contributed by atoms with Crippen molar-refractivity contribution >= 4 is 6.29 Å². The number of methoxy groups -OCH3 is 1. The van der Waals surface area contributed by atoms with Crippen molar-refractivity contribution in [2.45, 2.75) is 44.2 Å². The summed E-state index contributed by atoms with van der Waals surface area (Å²) in [5, 5.41) is 0.